The molecule has 0 bridgehead atoms. The highest BCUT2D eigenvalue weighted by Crippen LogP contribution is 2.33. The van der Waals surface area contributed by atoms with Gasteiger partial charge in [-0.25, -0.2) is 0 Å². The molecule has 0 saturated heterocycles. The van der Waals surface area contributed by atoms with E-state index < -0.39 is 23.5 Å². The quantitative estimate of drug-likeness (QED) is 0.330. The van der Waals surface area contributed by atoms with Gasteiger partial charge in [0.05, 0.1) is 6.54 Å². The van der Waals surface area contributed by atoms with E-state index in [9.17, 15) is 19.2 Å². The molecule has 2 N–H and O–H groups in total. The molecule has 0 spiro atoms. The molecule has 36 heavy (non-hydrogen) atoms. The van der Waals surface area contributed by atoms with Crippen LogP contribution < -0.4 is 10.5 Å². The Kier molecular flexibility index (Phi) is 8.85. The van der Waals surface area contributed by atoms with Gasteiger partial charge in [-0.3, -0.25) is 19.2 Å². The molecular weight excluding hydrogens is 460 g/mol. The molecule has 3 rings (SSSR count). The van der Waals surface area contributed by atoms with E-state index >= 15 is 0 Å². The van der Waals surface area contributed by atoms with Crippen molar-refractivity contribution in [1.82, 2.24) is 4.90 Å². The van der Waals surface area contributed by atoms with Gasteiger partial charge in [-0.2, -0.15) is 0 Å². The number of ether oxygens (including phenoxy) is 2. The van der Waals surface area contributed by atoms with Gasteiger partial charge in [0.2, 0.25) is 5.91 Å². The van der Waals surface area contributed by atoms with Crippen LogP contribution in [0.4, 0.5) is 0 Å². The van der Waals surface area contributed by atoms with Crippen molar-refractivity contribution in [2.75, 3.05) is 0 Å². The summed E-state index contributed by atoms with van der Waals surface area (Å²) in [5, 5.41) is 0. The molecule has 2 aromatic carbocycles. The van der Waals surface area contributed by atoms with Gasteiger partial charge in [0, 0.05) is 23.1 Å². The SMILES string of the molecule is CCCCC(C)(C)OC(=O)CC[C@@H](C(N)=O)N1Cc2c(OCc3ccc(C=O)cc3)cccc2C1=O. The monoisotopic (exact) mass is 494 g/mol. The van der Waals surface area contributed by atoms with Crippen molar-refractivity contribution in [3.63, 3.8) is 0 Å². The van der Waals surface area contributed by atoms with E-state index in [4.69, 9.17) is 15.2 Å². The molecule has 1 aliphatic heterocycles. The van der Waals surface area contributed by atoms with Gasteiger partial charge in [0.15, 0.2) is 0 Å². The van der Waals surface area contributed by atoms with Crippen LogP contribution in [0.2, 0.25) is 0 Å². The summed E-state index contributed by atoms with van der Waals surface area (Å²) in [5.41, 5.74) is 7.62. The summed E-state index contributed by atoms with van der Waals surface area (Å²) < 4.78 is 11.6. The minimum atomic E-state index is -0.945. The standard InChI is InChI=1S/C28H34N2O6/c1-4-5-15-28(2,3)36-25(32)14-13-23(26(29)33)30-16-22-21(27(30)34)7-6-8-24(22)35-18-20-11-9-19(17-31)10-12-20/h6-12,17,23H,4-5,13-16,18H2,1-3H3,(H2,29,33)/t23-/m0/s1. The molecule has 0 aliphatic carbocycles. The Balaban J connectivity index is 1.66. The fourth-order valence-electron chi connectivity index (χ4n) is 4.29. The fraction of sp³-hybridized carbons (Fsp3) is 0.429. The first kappa shape index (κ1) is 26.9. The number of unbranched alkanes of at least 4 members (excludes halogenated alkanes) is 1. The van der Waals surface area contributed by atoms with E-state index in [-0.39, 0.29) is 31.9 Å². The van der Waals surface area contributed by atoms with E-state index in [0.717, 1.165) is 31.1 Å². The van der Waals surface area contributed by atoms with E-state index in [1.807, 2.05) is 13.8 Å². The minimum absolute atomic E-state index is 0.0244. The van der Waals surface area contributed by atoms with Gasteiger partial charge in [-0.05, 0) is 50.8 Å². The zero-order valence-electron chi connectivity index (χ0n) is 21.1. The Morgan fingerprint density at radius 2 is 1.89 bits per heavy atom. The predicted molar refractivity (Wildman–Crippen MR) is 134 cm³/mol. The molecule has 0 unspecified atom stereocenters. The predicted octanol–water partition coefficient (Wildman–Crippen LogP) is 4.18. The van der Waals surface area contributed by atoms with Crippen LogP contribution in [0.15, 0.2) is 42.5 Å². The summed E-state index contributed by atoms with van der Waals surface area (Å²) in [6.07, 6.45) is 3.52. The van der Waals surface area contributed by atoms with Crippen molar-refractivity contribution in [2.45, 2.75) is 77.7 Å². The topological polar surface area (TPSA) is 116 Å². The van der Waals surface area contributed by atoms with E-state index in [1.165, 1.54) is 4.90 Å². The number of esters is 1. The second-order valence-electron chi connectivity index (χ2n) is 9.66. The zero-order valence-corrected chi connectivity index (χ0v) is 21.1. The first-order chi connectivity index (χ1) is 17.1. The van der Waals surface area contributed by atoms with Crippen LogP contribution in [0.5, 0.6) is 5.75 Å². The molecule has 2 aromatic rings. The molecule has 0 fully saturated rings. The van der Waals surface area contributed by atoms with Crippen LogP contribution in [-0.2, 0) is 27.5 Å². The van der Waals surface area contributed by atoms with Crippen LogP contribution in [0.25, 0.3) is 0 Å². The maximum atomic E-state index is 13.1. The molecular formula is C28H34N2O6. The highest BCUT2D eigenvalue weighted by molar-refractivity contribution is 6.01. The molecule has 0 radical (unpaired) electrons. The molecule has 1 heterocycles. The lowest BCUT2D eigenvalue weighted by molar-refractivity contribution is -0.157. The smallest absolute Gasteiger partial charge is 0.306 e. The van der Waals surface area contributed by atoms with Crippen LogP contribution in [0.1, 0.15) is 84.7 Å². The number of amides is 2. The third-order valence-electron chi connectivity index (χ3n) is 6.31. The number of fused-ring (bicyclic) bond motifs is 1. The van der Waals surface area contributed by atoms with Crippen molar-refractivity contribution in [3.05, 3.63) is 64.7 Å². The highest BCUT2D eigenvalue weighted by atomic mass is 16.6. The van der Waals surface area contributed by atoms with Gasteiger partial charge in [0.25, 0.3) is 5.91 Å². The van der Waals surface area contributed by atoms with E-state index in [2.05, 4.69) is 6.92 Å². The average molecular weight is 495 g/mol. The normalized spacial score (nSPS) is 13.8. The summed E-state index contributed by atoms with van der Waals surface area (Å²) in [6, 6.07) is 11.3. The number of hydrogen-bond acceptors (Lipinski definition) is 6. The third kappa shape index (κ3) is 6.71. The van der Waals surface area contributed by atoms with Crippen LogP contribution in [0, 0.1) is 0 Å². The van der Waals surface area contributed by atoms with Crippen molar-refractivity contribution in [2.24, 2.45) is 5.73 Å². The maximum Gasteiger partial charge on any atom is 0.306 e. The number of hydrogen-bond donors (Lipinski definition) is 1. The summed E-state index contributed by atoms with van der Waals surface area (Å²) in [4.78, 5) is 50.1. The maximum absolute atomic E-state index is 13.1. The minimum Gasteiger partial charge on any atom is -0.489 e. The number of carbonyl (C=O) groups excluding carboxylic acids is 4. The van der Waals surface area contributed by atoms with E-state index in [0.29, 0.717) is 22.4 Å². The lowest BCUT2D eigenvalue weighted by Gasteiger charge is -2.27. The van der Waals surface area contributed by atoms with Gasteiger partial charge >= 0.3 is 5.97 Å². The number of rotatable bonds is 13. The van der Waals surface area contributed by atoms with Gasteiger partial charge < -0.3 is 20.1 Å². The molecule has 2 amide bonds. The van der Waals surface area contributed by atoms with Crippen LogP contribution >= 0.6 is 0 Å². The Hall–Kier alpha value is -3.68. The number of nitrogens with zero attached hydrogens (tertiary/aromatic N) is 1. The largest absolute Gasteiger partial charge is 0.489 e. The van der Waals surface area contributed by atoms with E-state index in [1.54, 1.807) is 42.5 Å². The lowest BCUT2D eigenvalue weighted by Crippen LogP contribution is -2.45. The molecule has 8 nitrogen and oxygen atoms in total. The summed E-state index contributed by atoms with van der Waals surface area (Å²) >= 11 is 0. The number of nitrogens with two attached hydrogens (primary N) is 1. The van der Waals surface area contributed by atoms with Crippen molar-refractivity contribution >= 4 is 24.1 Å². The first-order valence-corrected chi connectivity index (χ1v) is 12.3. The Morgan fingerprint density at radius 3 is 2.53 bits per heavy atom. The van der Waals surface area contributed by atoms with Crippen molar-refractivity contribution in [1.29, 1.82) is 0 Å². The Labute approximate surface area is 211 Å². The van der Waals surface area contributed by atoms with Gasteiger partial charge in [0.1, 0.15) is 30.3 Å². The Bertz CT molecular complexity index is 1110. The lowest BCUT2D eigenvalue weighted by atomic mass is 10.0. The summed E-state index contributed by atoms with van der Waals surface area (Å²) in [7, 11) is 0. The number of aldehydes is 1. The number of benzene rings is 2. The highest BCUT2D eigenvalue weighted by Gasteiger charge is 2.37. The second-order valence-corrected chi connectivity index (χ2v) is 9.66. The van der Waals surface area contributed by atoms with Gasteiger partial charge in [-0.15, -0.1) is 0 Å². The molecule has 1 aliphatic rings. The average Bonchev–Trinajstić information content (AvgIpc) is 3.18. The Morgan fingerprint density at radius 1 is 1.17 bits per heavy atom. The van der Waals surface area contributed by atoms with Crippen LogP contribution in [0.3, 0.4) is 0 Å². The third-order valence-corrected chi connectivity index (χ3v) is 6.31. The molecule has 192 valence electrons. The van der Waals surface area contributed by atoms with Crippen LogP contribution in [-0.4, -0.2) is 40.6 Å². The zero-order chi connectivity index (χ0) is 26.3. The van der Waals surface area contributed by atoms with Gasteiger partial charge in [-0.1, -0.05) is 43.7 Å². The summed E-state index contributed by atoms with van der Waals surface area (Å²) in [6.45, 7) is 6.21. The second kappa shape index (κ2) is 11.8. The summed E-state index contributed by atoms with van der Waals surface area (Å²) in [5.74, 6) is -0.891. The van der Waals surface area contributed by atoms with Crippen molar-refractivity contribution < 1.29 is 28.7 Å². The first-order valence-electron chi connectivity index (χ1n) is 12.3. The molecule has 8 heteroatoms. The molecule has 0 aromatic heterocycles. The molecule has 0 saturated carbocycles. The fourth-order valence-corrected chi connectivity index (χ4v) is 4.29. The number of carbonyl (C=O) groups is 4. The molecule has 1 atom stereocenters. The number of primary amides is 1. The van der Waals surface area contributed by atoms with Crippen molar-refractivity contribution in [3.8, 4) is 5.75 Å².